The van der Waals surface area contributed by atoms with Crippen LogP contribution in [0.2, 0.25) is 0 Å². The summed E-state index contributed by atoms with van der Waals surface area (Å²) < 4.78 is 12.2. The van der Waals surface area contributed by atoms with E-state index in [1.807, 2.05) is 18.2 Å². The monoisotopic (exact) mass is 538 g/mol. The van der Waals surface area contributed by atoms with Crippen molar-refractivity contribution in [2.75, 3.05) is 13.2 Å². The van der Waals surface area contributed by atoms with Crippen molar-refractivity contribution in [3.8, 4) is 5.75 Å². The molecule has 2 aromatic carbocycles. The maximum absolute atomic E-state index is 11.2. The number of nitrogens with one attached hydrogen (secondary N) is 1. The number of hydrogen-bond donors (Lipinski definition) is 2. The smallest absolute Gasteiger partial charge is 0.321 e. The Morgan fingerprint density at radius 1 is 1.00 bits per heavy atom. The standard InChI is InChI=1S/C34H38N2O4/c37-34(38)32-23-28-15-16-30(22-29(28)24-35-32)39-18-8-3-9-19-40-33-21-26(20-25-10-4-1-5-11-25)14-17-31(36-33)27-12-6-2-7-13-27/h1-2,4-7,10-12,15-17,21-22,27,32,35H,3,8-9,13-14,18-20,23-24H2,(H,37,38). The molecule has 0 fully saturated rings. The summed E-state index contributed by atoms with van der Waals surface area (Å²) in [5.74, 6) is 1.03. The molecule has 1 aliphatic carbocycles. The molecule has 2 unspecified atom stereocenters. The summed E-state index contributed by atoms with van der Waals surface area (Å²) in [6, 6.07) is 16.0. The van der Waals surface area contributed by atoms with Gasteiger partial charge in [0.1, 0.15) is 11.8 Å². The molecule has 208 valence electrons. The summed E-state index contributed by atoms with van der Waals surface area (Å²) in [5, 5.41) is 12.3. The van der Waals surface area contributed by atoms with Crippen LogP contribution in [-0.2, 0) is 28.9 Å². The minimum absolute atomic E-state index is 0.295. The van der Waals surface area contributed by atoms with Gasteiger partial charge in [-0.3, -0.25) is 4.79 Å². The Morgan fingerprint density at radius 3 is 2.65 bits per heavy atom. The zero-order valence-electron chi connectivity index (χ0n) is 22.9. The molecule has 0 aromatic heterocycles. The van der Waals surface area contributed by atoms with E-state index in [1.165, 1.54) is 11.1 Å². The highest BCUT2D eigenvalue weighted by atomic mass is 16.5. The highest BCUT2D eigenvalue weighted by Crippen LogP contribution is 2.27. The first-order chi connectivity index (χ1) is 19.6. The number of carbonyl (C=O) groups is 1. The van der Waals surface area contributed by atoms with Gasteiger partial charge in [0.15, 0.2) is 0 Å². The second kappa shape index (κ2) is 13.9. The third kappa shape index (κ3) is 7.82. The number of carboxylic acid groups (broad SMARTS) is 1. The fourth-order valence-electron chi connectivity index (χ4n) is 5.27. The van der Waals surface area contributed by atoms with Gasteiger partial charge in [0.05, 0.1) is 13.2 Å². The van der Waals surface area contributed by atoms with Crippen LogP contribution in [0.15, 0.2) is 101 Å². The van der Waals surface area contributed by atoms with Crippen molar-refractivity contribution in [2.45, 2.75) is 57.5 Å². The molecule has 5 rings (SSSR count). The van der Waals surface area contributed by atoms with E-state index in [2.05, 4.69) is 72.1 Å². The largest absolute Gasteiger partial charge is 0.494 e. The van der Waals surface area contributed by atoms with Crippen LogP contribution in [-0.4, -0.2) is 36.2 Å². The summed E-state index contributed by atoms with van der Waals surface area (Å²) in [5.41, 5.74) is 5.88. The molecule has 2 N–H and O–H groups in total. The molecule has 0 saturated heterocycles. The van der Waals surface area contributed by atoms with Crippen molar-refractivity contribution < 1.29 is 19.4 Å². The number of aliphatic carboxylic acids is 1. The Labute approximate surface area is 236 Å². The quantitative estimate of drug-likeness (QED) is 0.327. The van der Waals surface area contributed by atoms with Gasteiger partial charge >= 0.3 is 5.97 Å². The van der Waals surface area contributed by atoms with Gasteiger partial charge in [0, 0.05) is 24.2 Å². The molecular formula is C34H38N2O4. The lowest BCUT2D eigenvalue weighted by molar-refractivity contribution is -0.139. The highest BCUT2D eigenvalue weighted by Gasteiger charge is 2.23. The lowest BCUT2D eigenvalue weighted by Gasteiger charge is -2.23. The van der Waals surface area contributed by atoms with Crippen LogP contribution in [0.5, 0.6) is 5.75 Å². The molecule has 0 bridgehead atoms. The van der Waals surface area contributed by atoms with Gasteiger partial charge in [-0.1, -0.05) is 72.4 Å². The van der Waals surface area contributed by atoms with E-state index >= 15 is 0 Å². The van der Waals surface area contributed by atoms with E-state index in [0.717, 1.165) is 61.1 Å². The van der Waals surface area contributed by atoms with Crippen molar-refractivity contribution >= 4 is 11.9 Å². The number of ether oxygens (including phenoxy) is 2. The van der Waals surface area contributed by atoms with E-state index in [1.54, 1.807) is 0 Å². The Hall–Kier alpha value is -3.90. The van der Waals surface area contributed by atoms with Gasteiger partial charge < -0.3 is 19.9 Å². The number of carboxylic acids is 1. The fourth-order valence-corrected chi connectivity index (χ4v) is 5.27. The predicted molar refractivity (Wildman–Crippen MR) is 158 cm³/mol. The van der Waals surface area contributed by atoms with Crippen LogP contribution < -0.4 is 10.1 Å². The fraction of sp³-hybridized carbons (Fsp3) is 0.353. The van der Waals surface area contributed by atoms with E-state index in [0.29, 0.717) is 38.0 Å². The van der Waals surface area contributed by atoms with Gasteiger partial charge in [-0.05, 0) is 73.8 Å². The molecule has 2 atom stereocenters. The van der Waals surface area contributed by atoms with Crippen LogP contribution in [0.4, 0.5) is 0 Å². The molecule has 40 heavy (non-hydrogen) atoms. The van der Waals surface area contributed by atoms with Gasteiger partial charge in [0.2, 0.25) is 5.90 Å². The number of allylic oxidation sites excluding steroid dienone is 6. The molecule has 2 aliphatic heterocycles. The number of nitrogens with zero attached hydrogens (tertiary/aromatic N) is 1. The third-order valence-electron chi connectivity index (χ3n) is 7.52. The van der Waals surface area contributed by atoms with E-state index in [9.17, 15) is 9.90 Å². The topological polar surface area (TPSA) is 80.2 Å². The molecule has 0 amide bonds. The highest BCUT2D eigenvalue weighted by molar-refractivity contribution is 5.89. The molecule has 6 heteroatoms. The molecule has 0 saturated carbocycles. The Kier molecular flexibility index (Phi) is 9.64. The van der Waals surface area contributed by atoms with Crippen LogP contribution in [0, 0.1) is 5.92 Å². The van der Waals surface area contributed by atoms with Crippen molar-refractivity contribution in [2.24, 2.45) is 10.9 Å². The maximum Gasteiger partial charge on any atom is 0.321 e. The molecular weight excluding hydrogens is 500 g/mol. The van der Waals surface area contributed by atoms with E-state index in [4.69, 9.17) is 14.5 Å². The van der Waals surface area contributed by atoms with Gasteiger partial charge in [-0.25, -0.2) is 4.99 Å². The zero-order valence-corrected chi connectivity index (χ0v) is 22.9. The lowest BCUT2D eigenvalue weighted by atomic mass is 9.95. The average molecular weight is 539 g/mol. The number of aliphatic imine (C=N–C) groups is 1. The first kappa shape index (κ1) is 27.7. The van der Waals surface area contributed by atoms with E-state index < -0.39 is 12.0 Å². The number of benzene rings is 2. The molecule has 6 nitrogen and oxygen atoms in total. The van der Waals surface area contributed by atoms with Crippen LogP contribution in [0.1, 0.15) is 48.8 Å². The number of unbranched alkanes of at least 4 members (excludes halogenated alkanes) is 2. The Morgan fingerprint density at radius 2 is 1.85 bits per heavy atom. The number of hydrogen-bond acceptors (Lipinski definition) is 5. The minimum atomic E-state index is -0.805. The summed E-state index contributed by atoms with van der Waals surface area (Å²) in [7, 11) is 0. The first-order valence-corrected chi connectivity index (χ1v) is 14.3. The molecule has 0 radical (unpaired) electrons. The van der Waals surface area contributed by atoms with E-state index in [-0.39, 0.29) is 0 Å². The lowest BCUT2D eigenvalue weighted by Crippen LogP contribution is -2.41. The Balaban J connectivity index is 1.09. The molecule has 3 aliphatic rings. The van der Waals surface area contributed by atoms with Gasteiger partial charge in [-0.2, -0.15) is 0 Å². The SMILES string of the molecule is O=C(O)C1Cc2ccc(OCCCCCOC3=NC(C4C=CC=CC4)=CCC(Cc4ccccc4)=C3)cc2CN1. The van der Waals surface area contributed by atoms with Crippen molar-refractivity contribution in [1.29, 1.82) is 0 Å². The predicted octanol–water partition coefficient (Wildman–Crippen LogP) is 6.34. The average Bonchev–Trinajstić information content (AvgIpc) is 3.19. The van der Waals surface area contributed by atoms with Crippen LogP contribution in [0.3, 0.4) is 0 Å². The number of rotatable bonds is 11. The zero-order chi connectivity index (χ0) is 27.6. The maximum atomic E-state index is 11.2. The first-order valence-electron chi connectivity index (χ1n) is 14.3. The summed E-state index contributed by atoms with van der Waals surface area (Å²) >= 11 is 0. The molecule has 2 aromatic rings. The number of fused-ring (bicyclic) bond motifs is 1. The summed E-state index contributed by atoms with van der Waals surface area (Å²) in [6.07, 6.45) is 19.1. The second-order valence-corrected chi connectivity index (χ2v) is 10.6. The van der Waals surface area contributed by atoms with Crippen LogP contribution >= 0.6 is 0 Å². The molecule has 0 spiro atoms. The Bertz CT molecular complexity index is 1320. The van der Waals surface area contributed by atoms with Crippen molar-refractivity contribution in [1.82, 2.24) is 5.32 Å². The normalized spacial score (nSPS) is 20.1. The second-order valence-electron chi connectivity index (χ2n) is 10.6. The molecule has 2 heterocycles. The summed E-state index contributed by atoms with van der Waals surface area (Å²) in [6.45, 7) is 1.81. The van der Waals surface area contributed by atoms with Gasteiger partial charge in [0.25, 0.3) is 0 Å². The van der Waals surface area contributed by atoms with Gasteiger partial charge in [-0.15, -0.1) is 0 Å². The van der Waals surface area contributed by atoms with Crippen molar-refractivity contribution in [3.05, 3.63) is 113 Å². The van der Waals surface area contributed by atoms with Crippen molar-refractivity contribution in [3.63, 3.8) is 0 Å². The van der Waals surface area contributed by atoms with Crippen LogP contribution in [0.25, 0.3) is 0 Å². The third-order valence-corrected chi connectivity index (χ3v) is 7.52. The minimum Gasteiger partial charge on any atom is -0.494 e. The summed E-state index contributed by atoms with van der Waals surface area (Å²) in [4.78, 5) is 16.2.